The summed E-state index contributed by atoms with van der Waals surface area (Å²) in [6.07, 6.45) is -2.30. The first kappa shape index (κ1) is 21.4. The summed E-state index contributed by atoms with van der Waals surface area (Å²) in [7, 11) is 0. The molecule has 2 aromatic heterocycles. The lowest BCUT2D eigenvalue weighted by Crippen LogP contribution is -2.43. The number of pyridine rings is 1. The number of aliphatic hydroxyl groups excluding tert-OH is 3. The molecule has 0 aliphatic carbocycles. The second kappa shape index (κ2) is 8.74. The smallest absolute Gasteiger partial charge is 0.333 e. The molecule has 1 aliphatic heterocycles. The predicted molar refractivity (Wildman–Crippen MR) is 112 cm³/mol. The largest absolute Gasteiger partial charge is 0.394 e. The summed E-state index contributed by atoms with van der Waals surface area (Å²) in [5, 5.41) is 30.0. The zero-order chi connectivity index (χ0) is 22.1. The second-order valence-corrected chi connectivity index (χ2v) is 7.64. The van der Waals surface area contributed by atoms with Crippen LogP contribution in [-0.4, -0.2) is 54.4 Å². The fourth-order valence-corrected chi connectivity index (χ4v) is 3.66. The van der Waals surface area contributed by atoms with E-state index >= 15 is 0 Å². The number of ether oxygens (including phenoxy) is 1. The number of benzene rings is 1. The Hall–Kier alpha value is -2.82. The molecule has 0 spiro atoms. The van der Waals surface area contributed by atoms with Gasteiger partial charge in [0.2, 0.25) is 0 Å². The lowest BCUT2D eigenvalue weighted by atomic mass is 10.1. The molecular weight excluding hydrogens is 426 g/mol. The maximum Gasteiger partial charge on any atom is 0.333 e. The molecular formula is C21H20ClN3O6. The van der Waals surface area contributed by atoms with Crippen LogP contribution in [0.3, 0.4) is 0 Å². The molecule has 0 radical (unpaired) electrons. The van der Waals surface area contributed by atoms with Crippen molar-refractivity contribution in [1.82, 2.24) is 14.1 Å². The number of aromatic nitrogens is 3. The first-order valence-electron chi connectivity index (χ1n) is 9.54. The highest BCUT2D eigenvalue weighted by atomic mass is 35.5. The zero-order valence-corrected chi connectivity index (χ0v) is 17.0. The quantitative estimate of drug-likeness (QED) is 0.518. The third kappa shape index (κ3) is 4.18. The lowest BCUT2D eigenvalue weighted by Gasteiger charge is -2.18. The Morgan fingerprint density at radius 1 is 1.03 bits per heavy atom. The number of halogens is 1. The van der Waals surface area contributed by atoms with E-state index in [-0.39, 0.29) is 6.54 Å². The van der Waals surface area contributed by atoms with E-state index in [0.717, 1.165) is 20.3 Å². The summed E-state index contributed by atoms with van der Waals surface area (Å²) in [6, 6.07) is 12.0. The standard InChI is InChI=1S/C21H20ClN3O6/c22-14-3-1-12(2-4-14)13-5-7-23-15(9-13)10-25-17(27)6-8-24(21(25)30)20-19(29)18(28)16(11-26)31-20/h1-9,16,18-20,26,28-29H,10-11H2. The van der Waals surface area contributed by atoms with Crippen LogP contribution in [0.4, 0.5) is 0 Å². The van der Waals surface area contributed by atoms with E-state index in [4.69, 9.17) is 16.3 Å². The van der Waals surface area contributed by atoms with Gasteiger partial charge < -0.3 is 20.1 Å². The van der Waals surface area contributed by atoms with E-state index in [1.165, 1.54) is 12.3 Å². The lowest BCUT2D eigenvalue weighted by molar-refractivity contribution is -0.0555. The van der Waals surface area contributed by atoms with Crippen molar-refractivity contribution in [3.05, 3.63) is 86.4 Å². The van der Waals surface area contributed by atoms with Crippen LogP contribution in [0.2, 0.25) is 5.02 Å². The van der Waals surface area contributed by atoms with Crippen LogP contribution in [0.1, 0.15) is 11.9 Å². The maximum absolute atomic E-state index is 13.0. The molecule has 31 heavy (non-hydrogen) atoms. The molecule has 4 rings (SSSR count). The van der Waals surface area contributed by atoms with Crippen molar-refractivity contribution < 1.29 is 20.1 Å². The van der Waals surface area contributed by atoms with Crippen molar-refractivity contribution >= 4 is 11.6 Å². The molecule has 10 heteroatoms. The van der Waals surface area contributed by atoms with Crippen LogP contribution < -0.4 is 11.2 Å². The van der Waals surface area contributed by atoms with Gasteiger partial charge in [-0.3, -0.25) is 18.9 Å². The highest BCUT2D eigenvalue weighted by Crippen LogP contribution is 2.28. The van der Waals surface area contributed by atoms with E-state index in [1.807, 2.05) is 12.1 Å². The first-order chi connectivity index (χ1) is 14.9. The third-order valence-electron chi connectivity index (χ3n) is 5.20. The molecule has 1 saturated heterocycles. The fraction of sp³-hybridized carbons (Fsp3) is 0.286. The highest BCUT2D eigenvalue weighted by Gasteiger charge is 2.43. The van der Waals surface area contributed by atoms with Gasteiger partial charge in [-0.2, -0.15) is 0 Å². The van der Waals surface area contributed by atoms with Gasteiger partial charge >= 0.3 is 5.69 Å². The van der Waals surface area contributed by atoms with Crippen LogP contribution in [0.5, 0.6) is 0 Å². The van der Waals surface area contributed by atoms with Gasteiger partial charge in [0, 0.05) is 23.5 Å². The Morgan fingerprint density at radius 3 is 2.45 bits per heavy atom. The maximum atomic E-state index is 13.0. The van der Waals surface area contributed by atoms with Crippen molar-refractivity contribution in [3.63, 3.8) is 0 Å². The van der Waals surface area contributed by atoms with Gasteiger partial charge in [0.25, 0.3) is 5.56 Å². The summed E-state index contributed by atoms with van der Waals surface area (Å²) >= 11 is 5.93. The Kier molecular flexibility index (Phi) is 6.03. The van der Waals surface area contributed by atoms with E-state index in [2.05, 4.69) is 4.98 Å². The normalized spacial score (nSPS) is 23.2. The van der Waals surface area contributed by atoms with Crippen molar-refractivity contribution in [1.29, 1.82) is 0 Å². The summed E-state index contributed by atoms with van der Waals surface area (Å²) in [4.78, 5) is 29.6. The topological polar surface area (TPSA) is 127 Å². The molecule has 0 amide bonds. The fourth-order valence-electron chi connectivity index (χ4n) is 3.53. The minimum Gasteiger partial charge on any atom is -0.394 e. The molecule has 1 aliphatic rings. The van der Waals surface area contributed by atoms with Gasteiger partial charge in [0.1, 0.15) is 18.3 Å². The molecule has 162 valence electrons. The zero-order valence-electron chi connectivity index (χ0n) is 16.2. The van der Waals surface area contributed by atoms with Gasteiger partial charge in [-0.15, -0.1) is 0 Å². The van der Waals surface area contributed by atoms with E-state index in [0.29, 0.717) is 10.7 Å². The molecule has 3 aromatic rings. The minimum atomic E-state index is -1.44. The Morgan fingerprint density at radius 2 is 1.77 bits per heavy atom. The average Bonchev–Trinajstić information content (AvgIpc) is 3.06. The van der Waals surface area contributed by atoms with Crippen LogP contribution in [0.25, 0.3) is 11.1 Å². The predicted octanol–water partition coefficient (Wildman–Crippen LogP) is 0.385. The molecule has 4 unspecified atom stereocenters. The van der Waals surface area contributed by atoms with E-state index < -0.39 is 42.4 Å². The van der Waals surface area contributed by atoms with Gasteiger partial charge in [0.15, 0.2) is 6.23 Å². The molecule has 3 N–H and O–H groups in total. The SMILES string of the molecule is O=c1ccn(C2OC(CO)C(O)C2O)c(=O)n1Cc1cc(-c2ccc(Cl)cc2)ccn1. The summed E-state index contributed by atoms with van der Waals surface area (Å²) in [5.74, 6) is 0. The molecule has 1 aromatic carbocycles. The number of aliphatic hydroxyl groups is 3. The third-order valence-corrected chi connectivity index (χ3v) is 5.45. The number of hydrogen-bond acceptors (Lipinski definition) is 7. The number of hydrogen-bond donors (Lipinski definition) is 3. The van der Waals surface area contributed by atoms with Crippen molar-refractivity contribution in [3.8, 4) is 11.1 Å². The minimum absolute atomic E-state index is 0.102. The molecule has 4 atom stereocenters. The Bertz CT molecular complexity index is 1190. The number of nitrogens with zero attached hydrogens (tertiary/aromatic N) is 3. The highest BCUT2D eigenvalue weighted by molar-refractivity contribution is 6.30. The van der Waals surface area contributed by atoms with Crippen LogP contribution in [0, 0.1) is 0 Å². The molecule has 9 nitrogen and oxygen atoms in total. The van der Waals surface area contributed by atoms with Crippen molar-refractivity contribution in [2.45, 2.75) is 31.1 Å². The van der Waals surface area contributed by atoms with Gasteiger partial charge in [-0.05, 0) is 35.4 Å². The van der Waals surface area contributed by atoms with Gasteiger partial charge in [-0.1, -0.05) is 23.7 Å². The summed E-state index contributed by atoms with van der Waals surface area (Å²) < 4.78 is 7.39. The summed E-state index contributed by atoms with van der Waals surface area (Å²) in [6.45, 7) is -0.626. The van der Waals surface area contributed by atoms with Crippen LogP contribution in [-0.2, 0) is 11.3 Å². The van der Waals surface area contributed by atoms with Gasteiger partial charge in [0.05, 0.1) is 18.8 Å². The molecule has 0 saturated carbocycles. The molecule has 1 fully saturated rings. The van der Waals surface area contributed by atoms with Crippen LogP contribution >= 0.6 is 11.6 Å². The van der Waals surface area contributed by atoms with E-state index in [1.54, 1.807) is 30.5 Å². The Balaban J connectivity index is 1.66. The average molecular weight is 446 g/mol. The molecule has 3 heterocycles. The first-order valence-corrected chi connectivity index (χ1v) is 9.92. The Labute approximate surface area is 181 Å². The second-order valence-electron chi connectivity index (χ2n) is 7.20. The van der Waals surface area contributed by atoms with Crippen molar-refractivity contribution in [2.24, 2.45) is 0 Å². The molecule has 0 bridgehead atoms. The van der Waals surface area contributed by atoms with E-state index in [9.17, 15) is 24.9 Å². The van der Waals surface area contributed by atoms with Crippen molar-refractivity contribution in [2.75, 3.05) is 6.61 Å². The summed E-state index contributed by atoms with van der Waals surface area (Å²) in [5.41, 5.74) is 0.935. The van der Waals surface area contributed by atoms with Crippen LogP contribution in [0.15, 0.2) is 64.4 Å². The number of rotatable bonds is 5. The monoisotopic (exact) mass is 445 g/mol. The van der Waals surface area contributed by atoms with Gasteiger partial charge in [-0.25, -0.2) is 4.79 Å².